The van der Waals surface area contributed by atoms with Crippen LogP contribution < -0.4 is 0 Å². The van der Waals surface area contributed by atoms with Gasteiger partial charge in [0.05, 0.1) is 29.9 Å². The first-order chi connectivity index (χ1) is 12.8. The molecule has 12 heteroatoms. The highest BCUT2D eigenvalue weighted by Gasteiger charge is 2.29. The molecule has 9 nitrogen and oxygen atoms in total. The summed E-state index contributed by atoms with van der Waals surface area (Å²) in [5, 5.41) is 7.34. The topological polar surface area (TPSA) is 97.6 Å². The van der Waals surface area contributed by atoms with Gasteiger partial charge in [0.1, 0.15) is 5.82 Å². The Hall–Kier alpha value is -2.08. The van der Waals surface area contributed by atoms with Gasteiger partial charge in [0, 0.05) is 26.2 Å². The number of rotatable bonds is 5. The first-order valence-corrected chi connectivity index (χ1v) is 9.79. The number of aromatic nitrogens is 3. The number of esters is 1. The highest BCUT2D eigenvalue weighted by molar-refractivity contribution is 7.89. The molecule has 0 N–H and O–H groups in total. The summed E-state index contributed by atoms with van der Waals surface area (Å²) in [5.41, 5.74) is 0.104. The fraction of sp³-hybridized carbons (Fsp3) is 0.400. The Kier molecular flexibility index (Phi) is 5.75. The number of hydrogen-bond acceptors (Lipinski definition) is 7. The predicted molar refractivity (Wildman–Crippen MR) is 93.1 cm³/mol. The third-order valence-corrected chi connectivity index (χ3v) is 6.32. The molecule has 0 radical (unpaired) electrons. The number of methoxy groups -OCH3 is 1. The monoisotopic (exact) mass is 417 g/mol. The van der Waals surface area contributed by atoms with E-state index in [2.05, 4.69) is 15.0 Å². The summed E-state index contributed by atoms with van der Waals surface area (Å²) in [7, 11) is -2.49. The zero-order chi connectivity index (χ0) is 19.6. The van der Waals surface area contributed by atoms with E-state index in [0.717, 1.165) is 12.1 Å². The molecule has 1 aromatic carbocycles. The number of halogens is 2. The molecule has 0 unspecified atom stereocenters. The second-order valence-electron chi connectivity index (χ2n) is 5.87. The number of piperazine rings is 1. The third-order valence-electron chi connectivity index (χ3n) is 4.14. The van der Waals surface area contributed by atoms with E-state index in [0.29, 0.717) is 19.8 Å². The maximum absolute atomic E-state index is 13.3. The molecule has 0 aliphatic carbocycles. The molecule has 0 bridgehead atoms. The molecule has 3 rings (SSSR count). The fourth-order valence-corrected chi connectivity index (χ4v) is 4.36. The quantitative estimate of drug-likeness (QED) is 0.664. The van der Waals surface area contributed by atoms with Crippen LogP contribution in [0.3, 0.4) is 0 Å². The molecule has 2 aromatic rings. The van der Waals surface area contributed by atoms with Gasteiger partial charge in [-0.25, -0.2) is 22.3 Å². The third kappa shape index (κ3) is 4.26. The van der Waals surface area contributed by atoms with Gasteiger partial charge >= 0.3 is 5.97 Å². The zero-order valence-electron chi connectivity index (χ0n) is 14.4. The van der Waals surface area contributed by atoms with Crippen molar-refractivity contribution in [2.75, 3.05) is 33.3 Å². The van der Waals surface area contributed by atoms with Crippen LogP contribution in [0.5, 0.6) is 0 Å². The van der Waals surface area contributed by atoms with Gasteiger partial charge in [-0.3, -0.25) is 4.90 Å². The fourth-order valence-electron chi connectivity index (χ4n) is 2.67. The van der Waals surface area contributed by atoms with Crippen molar-refractivity contribution in [1.29, 1.82) is 0 Å². The van der Waals surface area contributed by atoms with Crippen molar-refractivity contribution < 1.29 is 22.3 Å². The van der Waals surface area contributed by atoms with Gasteiger partial charge in [0.15, 0.2) is 5.69 Å². The Bertz CT molecular complexity index is 943. The van der Waals surface area contributed by atoms with Gasteiger partial charge < -0.3 is 4.74 Å². The van der Waals surface area contributed by atoms with E-state index in [9.17, 15) is 17.6 Å². The van der Waals surface area contributed by atoms with Crippen molar-refractivity contribution in [3.63, 3.8) is 0 Å². The SMILES string of the molecule is COC(=O)c1cn(CN2CCN(S(=O)(=O)c3ccc(F)c(Cl)c3)CC2)nn1. The Balaban J connectivity index is 1.62. The first-order valence-electron chi connectivity index (χ1n) is 7.97. The molecule has 146 valence electrons. The highest BCUT2D eigenvalue weighted by Crippen LogP contribution is 2.23. The highest BCUT2D eigenvalue weighted by atomic mass is 35.5. The van der Waals surface area contributed by atoms with E-state index in [-0.39, 0.29) is 28.7 Å². The van der Waals surface area contributed by atoms with Gasteiger partial charge in [-0.15, -0.1) is 5.10 Å². The van der Waals surface area contributed by atoms with Gasteiger partial charge in [0.2, 0.25) is 10.0 Å². The largest absolute Gasteiger partial charge is 0.464 e. The number of hydrogen-bond donors (Lipinski definition) is 0. The summed E-state index contributed by atoms with van der Waals surface area (Å²) < 4.78 is 46.0. The number of sulfonamides is 1. The average molecular weight is 418 g/mol. The minimum atomic E-state index is -3.75. The first kappa shape index (κ1) is 19.7. The lowest BCUT2D eigenvalue weighted by atomic mass is 10.3. The van der Waals surface area contributed by atoms with Crippen LogP contribution in [0, 0.1) is 5.82 Å². The minimum absolute atomic E-state index is 0.0404. The normalized spacial score (nSPS) is 16.4. The molecule has 1 fully saturated rings. The molecule has 27 heavy (non-hydrogen) atoms. The summed E-state index contributed by atoms with van der Waals surface area (Å²) in [4.78, 5) is 13.3. The molecule has 0 spiro atoms. The predicted octanol–water partition coefficient (Wildman–Crippen LogP) is 0.821. The van der Waals surface area contributed by atoms with Crippen LogP contribution in [0.1, 0.15) is 10.5 Å². The maximum Gasteiger partial charge on any atom is 0.360 e. The zero-order valence-corrected chi connectivity index (χ0v) is 16.0. The van der Waals surface area contributed by atoms with Crippen molar-refractivity contribution in [3.8, 4) is 0 Å². The van der Waals surface area contributed by atoms with Gasteiger partial charge in [-0.05, 0) is 18.2 Å². The average Bonchev–Trinajstić information content (AvgIpc) is 3.12. The van der Waals surface area contributed by atoms with Gasteiger partial charge in [-0.2, -0.15) is 4.31 Å². The van der Waals surface area contributed by atoms with E-state index in [1.165, 1.54) is 28.4 Å². The summed E-state index contributed by atoms with van der Waals surface area (Å²) in [5.74, 6) is -1.24. The Morgan fingerprint density at radius 1 is 1.30 bits per heavy atom. The molecule has 0 saturated carbocycles. The van der Waals surface area contributed by atoms with Crippen LogP contribution in [0.25, 0.3) is 0 Å². The second-order valence-corrected chi connectivity index (χ2v) is 8.22. The Morgan fingerprint density at radius 2 is 2.00 bits per heavy atom. The van der Waals surface area contributed by atoms with E-state index >= 15 is 0 Å². The molecule has 1 saturated heterocycles. The molecule has 1 aliphatic heterocycles. The van der Waals surface area contributed by atoms with E-state index in [1.807, 2.05) is 4.90 Å². The molecule has 2 heterocycles. The molecule has 1 aromatic heterocycles. The van der Waals surface area contributed by atoms with E-state index in [4.69, 9.17) is 11.6 Å². The summed E-state index contributed by atoms with van der Waals surface area (Å²) >= 11 is 5.69. The van der Waals surface area contributed by atoms with Crippen LogP contribution in [-0.2, 0) is 21.4 Å². The smallest absolute Gasteiger partial charge is 0.360 e. The number of ether oxygens (including phenoxy) is 1. The van der Waals surface area contributed by atoms with Crippen molar-refractivity contribution in [3.05, 3.63) is 40.9 Å². The van der Waals surface area contributed by atoms with E-state index < -0.39 is 21.8 Å². The lowest BCUT2D eigenvalue weighted by Crippen LogP contribution is -2.48. The van der Waals surface area contributed by atoms with Crippen LogP contribution in [0.4, 0.5) is 4.39 Å². The van der Waals surface area contributed by atoms with E-state index in [1.54, 1.807) is 0 Å². The van der Waals surface area contributed by atoms with Gasteiger partial charge in [0.25, 0.3) is 0 Å². The Labute approximate surface area is 160 Å². The van der Waals surface area contributed by atoms with Crippen molar-refractivity contribution >= 4 is 27.6 Å². The molecule has 1 aliphatic rings. The molecule has 0 atom stereocenters. The van der Waals surface area contributed by atoms with Crippen LogP contribution in [0.2, 0.25) is 5.02 Å². The van der Waals surface area contributed by atoms with Crippen molar-refractivity contribution in [2.24, 2.45) is 0 Å². The van der Waals surface area contributed by atoms with Crippen molar-refractivity contribution in [1.82, 2.24) is 24.2 Å². The lowest BCUT2D eigenvalue weighted by Gasteiger charge is -2.33. The second kappa shape index (κ2) is 7.89. The molecule has 0 amide bonds. The number of benzene rings is 1. The van der Waals surface area contributed by atoms with Crippen LogP contribution in [-0.4, -0.2) is 71.9 Å². The Morgan fingerprint density at radius 3 is 2.63 bits per heavy atom. The molecular weight excluding hydrogens is 401 g/mol. The number of carbonyl (C=O) groups is 1. The van der Waals surface area contributed by atoms with Crippen molar-refractivity contribution in [2.45, 2.75) is 11.6 Å². The standard InChI is InChI=1S/C15H17ClFN5O4S/c1-26-15(23)14-9-21(19-18-14)10-20-4-6-22(7-5-20)27(24,25)11-2-3-13(17)12(16)8-11/h2-3,8-9H,4-7,10H2,1H3. The number of carbonyl (C=O) groups excluding carboxylic acids is 1. The lowest BCUT2D eigenvalue weighted by molar-refractivity contribution is 0.0593. The minimum Gasteiger partial charge on any atom is -0.464 e. The van der Waals surface area contributed by atoms with Crippen LogP contribution >= 0.6 is 11.6 Å². The maximum atomic E-state index is 13.3. The summed E-state index contributed by atoms with van der Waals surface area (Å²) in [6.07, 6.45) is 1.47. The van der Waals surface area contributed by atoms with Gasteiger partial charge in [-0.1, -0.05) is 16.8 Å². The number of nitrogens with zero attached hydrogens (tertiary/aromatic N) is 5. The summed E-state index contributed by atoms with van der Waals surface area (Å²) in [6.45, 7) is 1.80. The molecular formula is C15H17ClFN5O4S. The summed E-state index contributed by atoms with van der Waals surface area (Å²) in [6, 6.07) is 3.35. The van der Waals surface area contributed by atoms with Crippen LogP contribution in [0.15, 0.2) is 29.3 Å².